The number of carbonyl (C=O) groups is 1. The Morgan fingerprint density at radius 3 is 2.67 bits per heavy atom. The van der Waals surface area contributed by atoms with Crippen molar-refractivity contribution in [2.75, 3.05) is 39.3 Å². The fourth-order valence-electron chi connectivity index (χ4n) is 6.59. The molecule has 1 amide bonds. The molecule has 48 heavy (non-hydrogen) atoms. The summed E-state index contributed by atoms with van der Waals surface area (Å²) < 4.78 is 37.3. The van der Waals surface area contributed by atoms with Crippen LogP contribution in [0, 0.1) is 12.8 Å². The maximum Gasteiger partial charge on any atom is 0.245 e. The van der Waals surface area contributed by atoms with Gasteiger partial charge in [-0.15, -0.1) is 0 Å². The van der Waals surface area contributed by atoms with Crippen LogP contribution in [-0.2, 0) is 21.4 Å². The first-order valence-electron chi connectivity index (χ1n) is 16.3. The number of piperidine rings is 1. The lowest BCUT2D eigenvalue weighted by molar-refractivity contribution is -0.124. The first kappa shape index (κ1) is 34.6. The third-order valence-corrected chi connectivity index (χ3v) is 12.0. The average molecular weight is 716 g/mol. The van der Waals surface area contributed by atoms with Crippen molar-refractivity contribution in [3.05, 3.63) is 76.2 Å². The van der Waals surface area contributed by atoms with Gasteiger partial charge >= 0.3 is 0 Å². The van der Waals surface area contributed by atoms with E-state index in [0.29, 0.717) is 42.1 Å². The molecule has 4 aromatic rings. The highest BCUT2D eigenvalue weighted by Crippen LogP contribution is 2.37. The van der Waals surface area contributed by atoms with Gasteiger partial charge in [-0.3, -0.25) is 4.79 Å². The van der Waals surface area contributed by atoms with E-state index in [1.165, 1.54) is 16.4 Å². The summed E-state index contributed by atoms with van der Waals surface area (Å²) in [5.41, 5.74) is 2.57. The lowest BCUT2D eigenvalue weighted by atomic mass is 9.96. The minimum Gasteiger partial charge on any atom is -0.487 e. The molecule has 4 heterocycles. The number of amides is 1. The highest BCUT2D eigenvalue weighted by atomic mass is 35.5. The number of aromatic nitrogens is 3. The van der Waals surface area contributed by atoms with Gasteiger partial charge < -0.3 is 20.1 Å². The van der Waals surface area contributed by atoms with Crippen LogP contribution in [0.1, 0.15) is 43.4 Å². The molecular formula is C34H40Cl2N6O5S. The van der Waals surface area contributed by atoms with Crippen LogP contribution in [0.2, 0.25) is 10.0 Å². The predicted molar refractivity (Wildman–Crippen MR) is 185 cm³/mol. The minimum absolute atomic E-state index is 0.0388. The van der Waals surface area contributed by atoms with Crippen molar-refractivity contribution >= 4 is 50.0 Å². The molecule has 0 saturated carbocycles. The Bertz CT molecular complexity index is 1870. The Morgan fingerprint density at radius 2 is 1.92 bits per heavy atom. The van der Waals surface area contributed by atoms with Crippen LogP contribution >= 0.6 is 23.2 Å². The molecule has 2 aliphatic heterocycles. The third-order valence-electron chi connectivity index (χ3n) is 9.18. The number of sulfonamides is 1. The molecule has 0 radical (unpaired) electrons. The van der Waals surface area contributed by atoms with Crippen LogP contribution in [-0.4, -0.2) is 88.8 Å². The Labute approximate surface area is 290 Å². The molecule has 6 rings (SSSR count). The largest absolute Gasteiger partial charge is 0.487 e. The Morgan fingerprint density at radius 1 is 1.10 bits per heavy atom. The zero-order chi connectivity index (χ0) is 33.8. The van der Waals surface area contributed by atoms with Gasteiger partial charge in [0.25, 0.3) is 0 Å². The monoisotopic (exact) mass is 714 g/mol. The zero-order valence-corrected chi connectivity index (χ0v) is 29.1. The van der Waals surface area contributed by atoms with E-state index in [9.17, 15) is 13.2 Å². The number of pyridine rings is 1. The number of fused-ring (bicyclic) bond motifs is 1. The molecule has 2 aromatic heterocycles. The summed E-state index contributed by atoms with van der Waals surface area (Å²) in [6.07, 6.45) is 7.21. The maximum atomic E-state index is 14.0. The van der Waals surface area contributed by atoms with Gasteiger partial charge in [0.15, 0.2) is 0 Å². The second kappa shape index (κ2) is 15.1. The van der Waals surface area contributed by atoms with Crippen molar-refractivity contribution in [1.29, 1.82) is 0 Å². The quantitative estimate of drug-likeness (QED) is 0.210. The van der Waals surface area contributed by atoms with Gasteiger partial charge in [-0.05, 0) is 88.4 Å². The molecule has 2 N–H and O–H groups in total. The number of aliphatic hydroxyl groups excluding tert-OH is 1. The van der Waals surface area contributed by atoms with E-state index in [1.807, 2.05) is 37.4 Å². The van der Waals surface area contributed by atoms with Crippen molar-refractivity contribution in [2.24, 2.45) is 5.92 Å². The van der Waals surface area contributed by atoms with Crippen LogP contribution in [0.3, 0.4) is 0 Å². The summed E-state index contributed by atoms with van der Waals surface area (Å²) in [6, 6.07) is 11.4. The first-order valence-corrected chi connectivity index (χ1v) is 18.5. The van der Waals surface area contributed by atoms with Crippen molar-refractivity contribution in [3.8, 4) is 11.4 Å². The number of rotatable bonds is 12. The zero-order valence-electron chi connectivity index (χ0n) is 26.8. The smallest absolute Gasteiger partial charge is 0.245 e. The lowest BCUT2D eigenvalue weighted by Crippen LogP contribution is -2.47. The molecule has 0 bridgehead atoms. The van der Waals surface area contributed by atoms with E-state index in [1.54, 1.807) is 16.9 Å². The molecule has 11 nitrogen and oxygen atoms in total. The molecule has 14 heteroatoms. The molecule has 1 atom stereocenters. The van der Waals surface area contributed by atoms with E-state index in [-0.39, 0.29) is 40.6 Å². The van der Waals surface area contributed by atoms with Crippen LogP contribution in [0.4, 0.5) is 0 Å². The third kappa shape index (κ3) is 7.34. The number of para-hydroxylation sites is 1. The Hall–Kier alpha value is -3.26. The molecule has 256 valence electrons. The summed E-state index contributed by atoms with van der Waals surface area (Å²) in [6.45, 7) is 5.42. The van der Waals surface area contributed by atoms with Crippen molar-refractivity contribution in [1.82, 2.24) is 29.3 Å². The standard InChI is InChI=1S/C34H40Cl2N6O5S/c1-23-20-29(41-15-4-13-38-41)25-6-2-8-30(33(25)39-23)47-22-26-27(35)9-10-31(32(26)36)48(45,46)42-16-3-7-28(42)34(44)37-21-24-11-17-40(18-12-24)14-5-19-43/h2,4,6,8-10,13,15,20,24,28,43H,3,5,7,11-12,14,16-19,21-22H2,1H3,(H,37,44)/t28-/m0/s1. The number of hydrogen-bond acceptors (Lipinski definition) is 8. The van der Waals surface area contributed by atoms with Crippen LogP contribution in [0.5, 0.6) is 5.75 Å². The van der Waals surface area contributed by atoms with E-state index in [4.69, 9.17) is 38.0 Å². The fraction of sp³-hybridized carbons (Fsp3) is 0.441. The highest BCUT2D eigenvalue weighted by Gasteiger charge is 2.41. The van der Waals surface area contributed by atoms with E-state index >= 15 is 0 Å². The fourth-order valence-corrected chi connectivity index (χ4v) is 9.11. The van der Waals surface area contributed by atoms with Crippen molar-refractivity contribution in [3.63, 3.8) is 0 Å². The normalized spacial score (nSPS) is 18.0. The molecule has 2 saturated heterocycles. The molecule has 0 unspecified atom stereocenters. The number of carbonyl (C=O) groups excluding carboxylic acids is 1. The molecular weight excluding hydrogens is 675 g/mol. The number of ether oxygens (including phenoxy) is 1. The Kier molecular flexibility index (Phi) is 10.9. The number of likely N-dealkylation sites (tertiary alicyclic amines) is 1. The highest BCUT2D eigenvalue weighted by molar-refractivity contribution is 7.89. The number of aliphatic hydroxyl groups is 1. The number of benzene rings is 2. The van der Waals surface area contributed by atoms with Gasteiger partial charge in [-0.25, -0.2) is 18.1 Å². The number of hydrogen-bond donors (Lipinski definition) is 2. The van der Waals surface area contributed by atoms with Gasteiger partial charge in [0.1, 0.15) is 28.8 Å². The predicted octanol–water partition coefficient (Wildman–Crippen LogP) is 4.98. The minimum atomic E-state index is -4.14. The second-order valence-electron chi connectivity index (χ2n) is 12.4. The molecule has 0 aliphatic carbocycles. The van der Waals surface area contributed by atoms with Crippen LogP contribution in [0.15, 0.2) is 59.8 Å². The van der Waals surface area contributed by atoms with Crippen molar-refractivity contribution in [2.45, 2.75) is 56.6 Å². The summed E-state index contributed by atoms with van der Waals surface area (Å²) >= 11 is 13.4. The molecule has 2 fully saturated rings. The summed E-state index contributed by atoms with van der Waals surface area (Å²) in [5, 5.41) is 17.5. The van der Waals surface area contributed by atoms with E-state index in [0.717, 1.165) is 55.7 Å². The van der Waals surface area contributed by atoms with E-state index in [2.05, 4.69) is 15.3 Å². The number of nitrogens with one attached hydrogen (secondary N) is 1. The van der Waals surface area contributed by atoms with Gasteiger partial charge in [0.2, 0.25) is 15.9 Å². The number of halogens is 2. The molecule has 0 spiro atoms. The lowest BCUT2D eigenvalue weighted by Gasteiger charge is -2.32. The average Bonchev–Trinajstić information content (AvgIpc) is 3.80. The van der Waals surface area contributed by atoms with Gasteiger partial charge in [0.05, 0.1) is 10.7 Å². The maximum absolute atomic E-state index is 14.0. The first-order chi connectivity index (χ1) is 23.2. The second-order valence-corrected chi connectivity index (χ2v) is 15.0. The topological polar surface area (TPSA) is 130 Å². The number of aryl methyl sites for hydroxylation is 1. The molecule has 2 aliphatic rings. The van der Waals surface area contributed by atoms with E-state index < -0.39 is 16.1 Å². The van der Waals surface area contributed by atoms with Crippen LogP contribution < -0.4 is 10.1 Å². The van der Waals surface area contributed by atoms with Gasteiger partial charge in [-0.2, -0.15) is 9.40 Å². The van der Waals surface area contributed by atoms with Gasteiger partial charge in [-0.1, -0.05) is 35.3 Å². The summed E-state index contributed by atoms with van der Waals surface area (Å²) in [5.74, 6) is 0.523. The molecule has 2 aromatic carbocycles. The SMILES string of the molecule is Cc1cc(-n2cccn2)c2cccc(OCc3c(Cl)ccc(S(=O)(=O)N4CCC[C@H]4C(=O)NCC4CCN(CCCO)CC4)c3Cl)c2n1. The number of nitrogens with zero attached hydrogens (tertiary/aromatic N) is 5. The van der Waals surface area contributed by atoms with Crippen LogP contribution in [0.25, 0.3) is 16.6 Å². The van der Waals surface area contributed by atoms with Crippen molar-refractivity contribution < 1.29 is 23.1 Å². The Balaban J connectivity index is 1.16. The van der Waals surface area contributed by atoms with Gasteiger partial charge in [0, 0.05) is 60.3 Å². The summed E-state index contributed by atoms with van der Waals surface area (Å²) in [4.78, 5) is 20.3. The summed E-state index contributed by atoms with van der Waals surface area (Å²) in [7, 11) is -4.14.